The topological polar surface area (TPSA) is 148 Å². The van der Waals surface area contributed by atoms with E-state index in [1.54, 1.807) is 0 Å². The lowest BCUT2D eigenvalue weighted by Crippen LogP contribution is -2.36. The average Bonchev–Trinajstić information content (AvgIpc) is 2.61. The van der Waals surface area contributed by atoms with Gasteiger partial charge in [-0.1, -0.05) is 0 Å². The lowest BCUT2D eigenvalue weighted by atomic mass is 10.1. The van der Waals surface area contributed by atoms with Gasteiger partial charge < -0.3 is 31.3 Å². The SMILES string of the molecule is CC(=O)Nc1c(I)c(C(=O)NCCO)c(I)c(C(=O)NCC(O)CO)c1I. The third-order valence-corrected chi connectivity index (χ3v) is 6.41. The maximum Gasteiger partial charge on any atom is 0.253 e. The standard InChI is InChI=1S/C15H18I3N3O6/c1-6(24)21-13-11(17)8(14(26)19-2-3-22)10(16)9(12(13)18)15(27)20-4-7(25)5-23/h7,22-23,25H,2-5H2,1H3,(H,19,26)(H,20,27)(H,21,24). The number of aliphatic hydroxyl groups excluding tert-OH is 3. The van der Waals surface area contributed by atoms with Crippen LogP contribution in [0, 0.1) is 10.7 Å². The summed E-state index contributed by atoms with van der Waals surface area (Å²) in [6, 6.07) is 0. The molecule has 27 heavy (non-hydrogen) atoms. The first-order valence-corrected chi connectivity index (χ1v) is 10.8. The van der Waals surface area contributed by atoms with Crippen LogP contribution in [0.3, 0.4) is 0 Å². The van der Waals surface area contributed by atoms with Crippen LogP contribution < -0.4 is 16.0 Å². The molecule has 150 valence electrons. The minimum Gasteiger partial charge on any atom is -0.395 e. The Bertz CT molecular complexity index is 744. The monoisotopic (exact) mass is 717 g/mol. The normalized spacial score (nSPS) is 11.7. The molecule has 1 unspecified atom stereocenters. The third-order valence-electron chi connectivity index (χ3n) is 3.18. The highest BCUT2D eigenvalue weighted by molar-refractivity contribution is 14.1. The Morgan fingerprint density at radius 1 is 0.963 bits per heavy atom. The molecular formula is C15H18I3N3O6. The smallest absolute Gasteiger partial charge is 0.253 e. The minimum atomic E-state index is -1.12. The minimum absolute atomic E-state index is 0.0384. The second kappa shape index (κ2) is 11.6. The molecule has 0 aromatic heterocycles. The van der Waals surface area contributed by atoms with E-state index in [4.69, 9.17) is 10.2 Å². The zero-order chi connectivity index (χ0) is 20.7. The van der Waals surface area contributed by atoms with Crippen molar-refractivity contribution in [2.24, 2.45) is 0 Å². The van der Waals surface area contributed by atoms with Gasteiger partial charge in [0.25, 0.3) is 11.8 Å². The number of hydrogen-bond acceptors (Lipinski definition) is 6. The van der Waals surface area contributed by atoms with Crippen molar-refractivity contribution in [2.45, 2.75) is 13.0 Å². The molecule has 1 rings (SSSR count). The largest absolute Gasteiger partial charge is 0.395 e. The predicted molar refractivity (Wildman–Crippen MR) is 124 cm³/mol. The molecule has 3 amide bonds. The highest BCUT2D eigenvalue weighted by Gasteiger charge is 2.28. The summed E-state index contributed by atoms with van der Waals surface area (Å²) in [4.78, 5) is 36.8. The zero-order valence-electron chi connectivity index (χ0n) is 14.1. The third kappa shape index (κ3) is 6.62. The van der Waals surface area contributed by atoms with Crippen molar-refractivity contribution in [3.8, 4) is 0 Å². The number of amides is 3. The van der Waals surface area contributed by atoms with Gasteiger partial charge in [-0.2, -0.15) is 0 Å². The Labute approximate surface area is 196 Å². The van der Waals surface area contributed by atoms with Gasteiger partial charge in [0, 0.05) is 23.6 Å². The summed E-state index contributed by atoms with van der Waals surface area (Å²) in [7, 11) is 0. The number of carbonyl (C=O) groups excluding carboxylic acids is 3. The van der Waals surface area contributed by atoms with E-state index in [9.17, 15) is 19.5 Å². The Hall–Kier alpha value is -0.300. The molecule has 0 bridgehead atoms. The fourth-order valence-corrected chi connectivity index (χ4v) is 6.39. The summed E-state index contributed by atoms with van der Waals surface area (Å²) in [6.45, 7) is 0.431. The number of halogens is 3. The Morgan fingerprint density at radius 3 is 1.93 bits per heavy atom. The van der Waals surface area contributed by atoms with Crippen LogP contribution in [-0.4, -0.2) is 65.4 Å². The van der Waals surface area contributed by atoms with Crippen LogP contribution >= 0.6 is 67.8 Å². The lowest BCUT2D eigenvalue weighted by molar-refractivity contribution is -0.114. The van der Waals surface area contributed by atoms with Gasteiger partial charge in [-0.15, -0.1) is 0 Å². The molecule has 1 atom stereocenters. The van der Waals surface area contributed by atoms with Gasteiger partial charge in [0.1, 0.15) is 0 Å². The van der Waals surface area contributed by atoms with Gasteiger partial charge in [-0.25, -0.2) is 0 Å². The molecule has 9 nitrogen and oxygen atoms in total. The van der Waals surface area contributed by atoms with E-state index in [2.05, 4.69) is 16.0 Å². The van der Waals surface area contributed by atoms with Crippen molar-refractivity contribution in [2.75, 3.05) is 31.6 Å². The number of rotatable bonds is 8. The number of hydrogen-bond donors (Lipinski definition) is 6. The molecule has 0 spiro atoms. The van der Waals surface area contributed by atoms with Crippen molar-refractivity contribution < 1.29 is 29.7 Å². The quantitative estimate of drug-likeness (QED) is 0.213. The van der Waals surface area contributed by atoms with E-state index in [1.807, 2.05) is 67.8 Å². The molecule has 0 aliphatic heterocycles. The molecule has 0 heterocycles. The Morgan fingerprint density at radius 2 is 1.48 bits per heavy atom. The summed E-state index contributed by atoms with van der Waals surface area (Å²) >= 11 is 5.70. The molecule has 1 aromatic rings. The second-order valence-electron chi connectivity index (χ2n) is 5.27. The highest BCUT2D eigenvalue weighted by Crippen LogP contribution is 2.35. The maximum absolute atomic E-state index is 12.6. The highest BCUT2D eigenvalue weighted by atomic mass is 127. The number of aliphatic hydroxyl groups is 3. The maximum atomic E-state index is 12.6. The fourth-order valence-electron chi connectivity index (χ4n) is 1.97. The second-order valence-corrected chi connectivity index (χ2v) is 8.51. The van der Waals surface area contributed by atoms with E-state index in [0.717, 1.165) is 0 Å². The van der Waals surface area contributed by atoms with Crippen molar-refractivity contribution in [3.05, 3.63) is 21.8 Å². The predicted octanol–water partition coefficient (Wildman–Crippen LogP) is 0.264. The summed E-state index contributed by atoms with van der Waals surface area (Å²) in [6.07, 6.45) is -1.12. The molecular weight excluding hydrogens is 699 g/mol. The summed E-state index contributed by atoms with van der Waals surface area (Å²) in [5.74, 6) is -1.42. The number of benzene rings is 1. The van der Waals surface area contributed by atoms with E-state index >= 15 is 0 Å². The van der Waals surface area contributed by atoms with E-state index in [1.165, 1.54) is 6.92 Å². The van der Waals surface area contributed by atoms with Gasteiger partial charge in [-0.05, 0) is 67.8 Å². The van der Waals surface area contributed by atoms with Gasteiger partial charge in [0.05, 0.1) is 43.3 Å². The molecule has 0 saturated carbocycles. The summed E-state index contributed by atoms with van der Waals surface area (Å²) < 4.78 is 1.26. The van der Waals surface area contributed by atoms with Crippen molar-refractivity contribution in [3.63, 3.8) is 0 Å². The number of nitrogens with one attached hydrogen (secondary N) is 3. The average molecular weight is 717 g/mol. The number of anilines is 1. The first kappa shape index (κ1) is 24.7. The molecule has 0 radical (unpaired) electrons. The molecule has 1 aromatic carbocycles. The molecule has 0 aliphatic rings. The van der Waals surface area contributed by atoms with Gasteiger partial charge in [0.2, 0.25) is 5.91 Å². The van der Waals surface area contributed by atoms with Gasteiger partial charge in [-0.3, -0.25) is 14.4 Å². The van der Waals surface area contributed by atoms with Gasteiger partial charge >= 0.3 is 0 Å². The van der Waals surface area contributed by atoms with E-state index < -0.39 is 24.5 Å². The fraction of sp³-hybridized carbons (Fsp3) is 0.400. The Kier molecular flexibility index (Phi) is 10.7. The van der Waals surface area contributed by atoms with Crippen LogP contribution in [0.2, 0.25) is 0 Å². The number of carbonyl (C=O) groups is 3. The van der Waals surface area contributed by atoms with Crippen LogP contribution in [0.1, 0.15) is 27.6 Å². The first-order chi connectivity index (χ1) is 12.6. The Balaban J connectivity index is 3.49. The van der Waals surface area contributed by atoms with Crippen LogP contribution in [-0.2, 0) is 4.79 Å². The first-order valence-electron chi connectivity index (χ1n) is 7.59. The molecule has 0 saturated heterocycles. The molecule has 0 aliphatic carbocycles. The molecule has 12 heteroatoms. The van der Waals surface area contributed by atoms with Crippen molar-refractivity contribution >= 4 is 91.2 Å². The van der Waals surface area contributed by atoms with Crippen LogP contribution in [0.5, 0.6) is 0 Å². The zero-order valence-corrected chi connectivity index (χ0v) is 20.6. The lowest BCUT2D eigenvalue weighted by Gasteiger charge is -2.19. The molecule has 6 N–H and O–H groups in total. The van der Waals surface area contributed by atoms with Crippen LogP contribution in [0.25, 0.3) is 0 Å². The van der Waals surface area contributed by atoms with E-state index in [-0.39, 0.29) is 36.7 Å². The summed E-state index contributed by atoms with van der Waals surface area (Å²) in [5, 5.41) is 34.9. The molecule has 0 fully saturated rings. The van der Waals surface area contributed by atoms with Gasteiger partial charge in [0.15, 0.2) is 0 Å². The van der Waals surface area contributed by atoms with Crippen molar-refractivity contribution in [1.29, 1.82) is 0 Å². The van der Waals surface area contributed by atoms with Crippen LogP contribution in [0.15, 0.2) is 0 Å². The summed E-state index contributed by atoms with van der Waals surface area (Å²) in [5.41, 5.74) is 0.687. The van der Waals surface area contributed by atoms with Crippen LogP contribution in [0.4, 0.5) is 5.69 Å². The van der Waals surface area contributed by atoms with E-state index in [0.29, 0.717) is 16.4 Å². The van der Waals surface area contributed by atoms with Crippen molar-refractivity contribution in [1.82, 2.24) is 10.6 Å².